The maximum absolute atomic E-state index is 6.14. The molecule has 0 amide bonds. The van der Waals surface area contributed by atoms with E-state index in [1.807, 2.05) is 18.2 Å². The van der Waals surface area contributed by atoms with E-state index >= 15 is 0 Å². The van der Waals surface area contributed by atoms with E-state index in [0.717, 1.165) is 27.9 Å². The van der Waals surface area contributed by atoms with Crippen molar-refractivity contribution in [3.05, 3.63) is 23.2 Å². The summed E-state index contributed by atoms with van der Waals surface area (Å²) >= 11 is 7.93. The number of thioether (sulfide) groups is 1. The minimum absolute atomic E-state index is 0.779. The van der Waals surface area contributed by atoms with Gasteiger partial charge >= 0.3 is 0 Å². The molecule has 1 heterocycles. The Morgan fingerprint density at radius 1 is 1.28 bits per heavy atom. The van der Waals surface area contributed by atoms with Crippen LogP contribution in [0.15, 0.2) is 23.1 Å². The van der Waals surface area contributed by atoms with Gasteiger partial charge in [0.05, 0.1) is 5.02 Å². The molecule has 0 unspecified atom stereocenters. The molecule has 2 N–H and O–H groups in total. The number of anilines is 1. The Kier molecular flexibility index (Phi) is 5.18. The van der Waals surface area contributed by atoms with Gasteiger partial charge < -0.3 is 10.6 Å². The fourth-order valence-corrected chi connectivity index (χ4v) is 3.26. The van der Waals surface area contributed by atoms with Gasteiger partial charge in [-0.15, -0.1) is 11.8 Å². The molecule has 5 heteroatoms. The molecule has 1 saturated heterocycles. The van der Waals surface area contributed by atoms with Crippen LogP contribution in [-0.4, -0.2) is 55.3 Å². The van der Waals surface area contributed by atoms with Crippen LogP contribution in [0.25, 0.3) is 0 Å². The van der Waals surface area contributed by atoms with Crippen LogP contribution in [-0.2, 0) is 0 Å². The zero-order valence-electron chi connectivity index (χ0n) is 10.7. The molecule has 0 aromatic heterocycles. The first-order valence-corrected chi connectivity index (χ1v) is 7.60. The predicted octanol–water partition coefficient (Wildman–Crippen LogP) is 2.26. The lowest BCUT2D eigenvalue weighted by Crippen LogP contribution is -2.45. The van der Waals surface area contributed by atoms with Crippen molar-refractivity contribution in [2.45, 2.75) is 4.90 Å². The number of rotatable bonds is 4. The molecule has 0 bridgehead atoms. The summed E-state index contributed by atoms with van der Waals surface area (Å²) in [6, 6.07) is 5.67. The molecule has 0 saturated carbocycles. The molecule has 0 aliphatic carbocycles. The first-order valence-electron chi connectivity index (χ1n) is 6.24. The summed E-state index contributed by atoms with van der Waals surface area (Å²) in [6.07, 6.45) is 0. The van der Waals surface area contributed by atoms with Crippen molar-refractivity contribution in [3.8, 4) is 0 Å². The van der Waals surface area contributed by atoms with E-state index in [1.54, 1.807) is 11.8 Å². The average Bonchev–Trinajstić information content (AvgIpc) is 2.36. The van der Waals surface area contributed by atoms with Gasteiger partial charge in [-0.05, 0) is 25.2 Å². The molecular weight excluding hydrogens is 266 g/mol. The number of hydrogen-bond donors (Lipinski definition) is 1. The van der Waals surface area contributed by atoms with Gasteiger partial charge in [-0.2, -0.15) is 0 Å². The van der Waals surface area contributed by atoms with Crippen molar-refractivity contribution in [2.75, 3.05) is 51.3 Å². The Morgan fingerprint density at radius 2 is 2.00 bits per heavy atom. The summed E-state index contributed by atoms with van der Waals surface area (Å²) in [7, 11) is 2.18. The Balaban J connectivity index is 1.76. The monoisotopic (exact) mass is 285 g/mol. The molecule has 0 atom stereocenters. The SMILES string of the molecule is CN1CCN(CCSc2cc(N)ccc2Cl)CC1. The maximum Gasteiger partial charge on any atom is 0.0543 e. The maximum atomic E-state index is 6.14. The molecule has 100 valence electrons. The van der Waals surface area contributed by atoms with E-state index in [-0.39, 0.29) is 0 Å². The molecule has 1 aliphatic heterocycles. The minimum atomic E-state index is 0.779. The molecule has 1 fully saturated rings. The standard InChI is InChI=1S/C13H20ClN3S/c1-16-4-6-17(7-5-16)8-9-18-13-10-11(15)2-3-12(13)14/h2-3,10H,4-9,15H2,1H3. The van der Waals surface area contributed by atoms with E-state index in [9.17, 15) is 0 Å². The average molecular weight is 286 g/mol. The van der Waals surface area contributed by atoms with Gasteiger partial charge in [0.15, 0.2) is 0 Å². The van der Waals surface area contributed by atoms with Crippen molar-refractivity contribution >= 4 is 29.1 Å². The summed E-state index contributed by atoms with van der Waals surface area (Å²) < 4.78 is 0. The van der Waals surface area contributed by atoms with E-state index in [0.29, 0.717) is 0 Å². The molecular formula is C13H20ClN3S. The molecule has 0 spiro atoms. The highest BCUT2D eigenvalue weighted by Crippen LogP contribution is 2.28. The van der Waals surface area contributed by atoms with Gasteiger partial charge in [-0.1, -0.05) is 11.6 Å². The topological polar surface area (TPSA) is 32.5 Å². The zero-order valence-corrected chi connectivity index (χ0v) is 12.3. The third kappa shape index (κ3) is 4.05. The first-order chi connectivity index (χ1) is 8.65. The van der Waals surface area contributed by atoms with Crippen LogP contribution < -0.4 is 5.73 Å². The number of likely N-dealkylation sites (N-methyl/N-ethyl adjacent to an activating group) is 1. The Labute approximate surface area is 118 Å². The van der Waals surface area contributed by atoms with Crippen molar-refractivity contribution in [1.29, 1.82) is 0 Å². The number of benzene rings is 1. The minimum Gasteiger partial charge on any atom is -0.399 e. The van der Waals surface area contributed by atoms with E-state index < -0.39 is 0 Å². The second-order valence-electron chi connectivity index (χ2n) is 4.68. The van der Waals surface area contributed by atoms with Crippen molar-refractivity contribution in [1.82, 2.24) is 9.80 Å². The first kappa shape index (κ1) is 14.0. The third-order valence-electron chi connectivity index (χ3n) is 3.22. The molecule has 1 aliphatic rings. The fraction of sp³-hybridized carbons (Fsp3) is 0.538. The van der Waals surface area contributed by atoms with Crippen LogP contribution in [0.2, 0.25) is 5.02 Å². The van der Waals surface area contributed by atoms with Crippen LogP contribution >= 0.6 is 23.4 Å². The van der Waals surface area contributed by atoms with E-state index in [2.05, 4.69) is 16.8 Å². The smallest absolute Gasteiger partial charge is 0.0543 e. The van der Waals surface area contributed by atoms with Crippen LogP contribution in [0.4, 0.5) is 5.69 Å². The molecule has 18 heavy (non-hydrogen) atoms. The quantitative estimate of drug-likeness (QED) is 0.679. The van der Waals surface area contributed by atoms with Gasteiger partial charge in [0.2, 0.25) is 0 Å². The number of piperazine rings is 1. The van der Waals surface area contributed by atoms with Gasteiger partial charge in [0, 0.05) is 49.1 Å². The highest BCUT2D eigenvalue weighted by Gasteiger charge is 2.13. The summed E-state index contributed by atoms with van der Waals surface area (Å²) in [5.41, 5.74) is 6.55. The molecule has 1 aromatic rings. The van der Waals surface area contributed by atoms with Gasteiger partial charge in [-0.25, -0.2) is 0 Å². The van der Waals surface area contributed by atoms with Crippen LogP contribution in [0.3, 0.4) is 0 Å². The lowest BCUT2D eigenvalue weighted by molar-refractivity contribution is 0.161. The summed E-state index contributed by atoms with van der Waals surface area (Å²) in [5, 5.41) is 0.799. The highest BCUT2D eigenvalue weighted by atomic mass is 35.5. The number of hydrogen-bond acceptors (Lipinski definition) is 4. The van der Waals surface area contributed by atoms with Crippen LogP contribution in [0, 0.1) is 0 Å². The van der Waals surface area contributed by atoms with Crippen LogP contribution in [0.5, 0.6) is 0 Å². The zero-order chi connectivity index (χ0) is 13.0. The lowest BCUT2D eigenvalue weighted by atomic mass is 10.3. The summed E-state index contributed by atoms with van der Waals surface area (Å²) in [4.78, 5) is 5.97. The van der Waals surface area contributed by atoms with Gasteiger partial charge in [0.1, 0.15) is 0 Å². The molecule has 0 radical (unpaired) electrons. The molecule has 1 aromatic carbocycles. The van der Waals surface area contributed by atoms with Crippen LogP contribution in [0.1, 0.15) is 0 Å². The van der Waals surface area contributed by atoms with Gasteiger partial charge in [0.25, 0.3) is 0 Å². The third-order valence-corrected chi connectivity index (χ3v) is 4.69. The Hall–Kier alpha value is -0.420. The lowest BCUT2D eigenvalue weighted by Gasteiger charge is -2.32. The van der Waals surface area contributed by atoms with Crippen molar-refractivity contribution in [2.24, 2.45) is 0 Å². The van der Waals surface area contributed by atoms with E-state index in [1.165, 1.54) is 26.2 Å². The highest BCUT2D eigenvalue weighted by molar-refractivity contribution is 7.99. The number of nitrogens with two attached hydrogens (primary N) is 1. The molecule has 3 nitrogen and oxygen atoms in total. The number of nitrogen functional groups attached to an aromatic ring is 1. The summed E-state index contributed by atoms with van der Waals surface area (Å²) in [5.74, 6) is 1.06. The Morgan fingerprint density at radius 3 is 2.72 bits per heavy atom. The molecule has 2 rings (SSSR count). The largest absolute Gasteiger partial charge is 0.399 e. The number of halogens is 1. The number of nitrogens with zero attached hydrogens (tertiary/aromatic N) is 2. The Bertz CT molecular complexity index is 392. The van der Waals surface area contributed by atoms with Crippen molar-refractivity contribution in [3.63, 3.8) is 0 Å². The predicted molar refractivity (Wildman–Crippen MR) is 80.5 cm³/mol. The normalized spacial score (nSPS) is 18.1. The fourth-order valence-electron chi connectivity index (χ4n) is 1.99. The summed E-state index contributed by atoms with van der Waals surface area (Å²) in [6.45, 7) is 5.79. The van der Waals surface area contributed by atoms with Crippen molar-refractivity contribution < 1.29 is 0 Å². The van der Waals surface area contributed by atoms with Gasteiger partial charge in [-0.3, -0.25) is 4.90 Å². The second-order valence-corrected chi connectivity index (χ2v) is 6.23. The second kappa shape index (κ2) is 6.66. The van der Waals surface area contributed by atoms with E-state index in [4.69, 9.17) is 17.3 Å².